The van der Waals surface area contributed by atoms with Crippen LogP contribution in [-0.4, -0.2) is 12.6 Å². The molecule has 0 aliphatic heterocycles. The predicted molar refractivity (Wildman–Crippen MR) is 81.9 cm³/mol. The Morgan fingerprint density at radius 2 is 2.06 bits per heavy atom. The Morgan fingerprint density at radius 3 is 2.59 bits per heavy atom. The smallest absolute Gasteiger partial charge is 0.0701 e. The van der Waals surface area contributed by atoms with Crippen LogP contribution in [0.4, 0.5) is 0 Å². The quantitative estimate of drug-likeness (QED) is 0.722. The Labute approximate surface area is 118 Å². The van der Waals surface area contributed by atoms with Gasteiger partial charge in [0, 0.05) is 10.9 Å². The van der Waals surface area contributed by atoms with E-state index in [1.165, 1.54) is 27.9 Å². The standard InChI is InChI=1S/C14H24BrNS/c1-4-6-11(3)13(16-9-5-2)10-12-7-8-14(15)17-12/h7-8,11,13,16H,4-6,9-10H2,1-3H3. The first-order chi connectivity index (χ1) is 8.17. The lowest BCUT2D eigenvalue weighted by atomic mass is 9.93. The molecular formula is C14H24BrNS. The summed E-state index contributed by atoms with van der Waals surface area (Å²) in [5.41, 5.74) is 0. The van der Waals surface area contributed by atoms with Crippen LogP contribution in [-0.2, 0) is 6.42 Å². The van der Waals surface area contributed by atoms with Crippen molar-refractivity contribution in [3.8, 4) is 0 Å². The predicted octanol–water partition coefficient (Wildman–Crippen LogP) is 4.86. The van der Waals surface area contributed by atoms with Gasteiger partial charge in [-0.2, -0.15) is 0 Å². The average Bonchev–Trinajstić information content (AvgIpc) is 2.70. The summed E-state index contributed by atoms with van der Waals surface area (Å²) in [6, 6.07) is 5.02. The van der Waals surface area contributed by atoms with E-state index in [9.17, 15) is 0 Å². The fraction of sp³-hybridized carbons (Fsp3) is 0.714. The maximum absolute atomic E-state index is 3.70. The Morgan fingerprint density at radius 1 is 1.29 bits per heavy atom. The third-order valence-electron chi connectivity index (χ3n) is 3.14. The molecule has 1 heterocycles. The summed E-state index contributed by atoms with van der Waals surface area (Å²) < 4.78 is 1.24. The lowest BCUT2D eigenvalue weighted by Crippen LogP contribution is -2.37. The van der Waals surface area contributed by atoms with Gasteiger partial charge in [-0.05, 0) is 59.8 Å². The Bertz CT molecular complexity index is 311. The van der Waals surface area contributed by atoms with E-state index in [2.05, 4.69) is 54.2 Å². The highest BCUT2D eigenvalue weighted by atomic mass is 79.9. The van der Waals surface area contributed by atoms with Crippen molar-refractivity contribution in [1.82, 2.24) is 5.32 Å². The van der Waals surface area contributed by atoms with Gasteiger partial charge in [0.1, 0.15) is 0 Å². The van der Waals surface area contributed by atoms with Crippen LogP contribution >= 0.6 is 27.3 Å². The molecule has 3 heteroatoms. The first-order valence-corrected chi connectivity index (χ1v) is 8.25. The topological polar surface area (TPSA) is 12.0 Å². The molecule has 0 aromatic carbocycles. The number of rotatable bonds is 8. The van der Waals surface area contributed by atoms with Crippen LogP contribution < -0.4 is 5.32 Å². The Balaban J connectivity index is 2.55. The average molecular weight is 318 g/mol. The van der Waals surface area contributed by atoms with Crippen molar-refractivity contribution < 1.29 is 0 Å². The summed E-state index contributed by atoms with van der Waals surface area (Å²) in [5.74, 6) is 0.757. The minimum absolute atomic E-state index is 0.625. The molecule has 0 fully saturated rings. The molecule has 1 N–H and O–H groups in total. The molecule has 2 unspecified atom stereocenters. The summed E-state index contributed by atoms with van der Waals surface area (Å²) in [7, 11) is 0. The zero-order valence-corrected chi connectivity index (χ0v) is 13.5. The van der Waals surface area contributed by atoms with Gasteiger partial charge in [0.15, 0.2) is 0 Å². The van der Waals surface area contributed by atoms with Gasteiger partial charge in [-0.1, -0.05) is 27.2 Å². The lowest BCUT2D eigenvalue weighted by Gasteiger charge is -2.24. The van der Waals surface area contributed by atoms with E-state index in [0.717, 1.165) is 18.9 Å². The van der Waals surface area contributed by atoms with Gasteiger partial charge in [0.2, 0.25) is 0 Å². The lowest BCUT2D eigenvalue weighted by molar-refractivity contribution is 0.354. The summed E-state index contributed by atoms with van der Waals surface area (Å²) in [6.07, 6.45) is 4.97. The van der Waals surface area contributed by atoms with Crippen molar-refractivity contribution in [3.05, 3.63) is 20.8 Å². The van der Waals surface area contributed by atoms with Crippen molar-refractivity contribution in [3.63, 3.8) is 0 Å². The molecule has 1 aromatic rings. The highest BCUT2D eigenvalue weighted by Crippen LogP contribution is 2.25. The Hall–Kier alpha value is 0.140. The van der Waals surface area contributed by atoms with Crippen LogP contribution in [0.2, 0.25) is 0 Å². The van der Waals surface area contributed by atoms with E-state index < -0.39 is 0 Å². The molecule has 0 spiro atoms. The minimum atomic E-state index is 0.625. The van der Waals surface area contributed by atoms with Crippen molar-refractivity contribution in [1.29, 1.82) is 0 Å². The van der Waals surface area contributed by atoms with Crippen LogP contribution in [0.5, 0.6) is 0 Å². The Kier molecular flexibility index (Phi) is 7.40. The molecule has 1 nitrogen and oxygen atoms in total. The normalized spacial score (nSPS) is 14.8. The zero-order chi connectivity index (χ0) is 12.7. The molecule has 1 aromatic heterocycles. The van der Waals surface area contributed by atoms with Crippen LogP contribution in [0.3, 0.4) is 0 Å². The molecule has 0 saturated carbocycles. The number of halogens is 1. The van der Waals surface area contributed by atoms with Crippen molar-refractivity contribution in [2.45, 2.75) is 52.5 Å². The molecule has 0 amide bonds. The molecule has 0 aliphatic rings. The summed E-state index contributed by atoms with van der Waals surface area (Å²) in [5, 5.41) is 3.70. The second-order valence-corrected chi connectivity index (χ2v) is 7.28. The van der Waals surface area contributed by atoms with Gasteiger partial charge in [-0.25, -0.2) is 0 Å². The summed E-state index contributed by atoms with van der Waals surface area (Å²) in [4.78, 5) is 1.48. The van der Waals surface area contributed by atoms with Crippen LogP contribution in [0.1, 0.15) is 44.9 Å². The highest BCUT2D eigenvalue weighted by Gasteiger charge is 2.17. The molecular weight excluding hydrogens is 294 g/mol. The second-order valence-electron chi connectivity index (χ2n) is 4.74. The van der Waals surface area contributed by atoms with E-state index in [4.69, 9.17) is 0 Å². The van der Waals surface area contributed by atoms with Gasteiger partial charge in [-0.3, -0.25) is 0 Å². The molecule has 0 radical (unpaired) electrons. The van der Waals surface area contributed by atoms with Crippen molar-refractivity contribution in [2.75, 3.05) is 6.54 Å². The maximum atomic E-state index is 3.70. The van der Waals surface area contributed by atoms with Crippen LogP contribution in [0.25, 0.3) is 0 Å². The van der Waals surface area contributed by atoms with E-state index in [1.807, 2.05) is 11.3 Å². The third kappa shape index (κ3) is 5.54. The van der Waals surface area contributed by atoms with E-state index >= 15 is 0 Å². The molecule has 0 bridgehead atoms. The van der Waals surface area contributed by atoms with Gasteiger partial charge in [-0.15, -0.1) is 11.3 Å². The SMILES string of the molecule is CCCNC(Cc1ccc(Br)s1)C(C)CCC. The highest BCUT2D eigenvalue weighted by molar-refractivity contribution is 9.11. The second kappa shape index (κ2) is 8.28. The van der Waals surface area contributed by atoms with Gasteiger partial charge >= 0.3 is 0 Å². The maximum Gasteiger partial charge on any atom is 0.0701 e. The molecule has 0 saturated heterocycles. The summed E-state index contributed by atoms with van der Waals surface area (Å²) >= 11 is 5.40. The van der Waals surface area contributed by atoms with Gasteiger partial charge in [0.25, 0.3) is 0 Å². The van der Waals surface area contributed by atoms with E-state index in [1.54, 1.807) is 0 Å². The van der Waals surface area contributed by atoms with E-state index in [0.29, 0.717) is 6.04 Å². The van der Waals surface area contributed by atoms with Crippen molar-refractivity contribution >= 4 is 27.3 Å². The number of hydrogen-bond acceptors (Lipinski definition) is 2. The van der Waals surface area contributed by atoms with E-state index in [-0.39, 0.29) is 0 Å². The van der Waals surface area contributed by atoms with Crippen LogP contribution in [0, 0.1) is 5.92 Å². The first-order valence-electron chi connectivity index (χ1n) is 6.65. The summed E-state index contributed by atoms with van der Waals surface area (Å²) in [6.45, 7) is 8.01. The zero-order valence-electron chi connectivity index (χ0n) is 11.1. The van der Waals surface area contributed by atoms with Gasteiger partial charge < -0.3 is 5.32 Å². The fourth-order valence-electron chi connectivity index (χ4n) is 2.14. The third-order valence-corrected chi connectivity index (χ3v) is 4.78. The van der Waals surface area contributed by atoms with Crippen LogP contribution in [0.15, 0.2) is 15.9 Å². The fourth-order valence-corrected chi connectivity index (χ4v) is 3.68. The molecule has 1 rings (SSSR count). The number of hydrogen-bond donors (Lipinski definition) is 1. The molecule has 98 valence electrons. The van der Waals surface area contributed by atoms with Gasteiger partial charge in [0.05, 0.1) is 3.79 Å². The number of nitrogens with one attached hydrogen (secondary N) is 1. The largest absolute Gasteiger partial charge is 0.313 e. The molecule has 17 heavy (non-hydrogen) atoms. The molecule has 0 aliphatic carbocycles. The first kappa shape index (κ1) is 15.2. The van der Waals surface area contributed by atoms with Crippen molar-refractivity contribution in [2.24, 2.45) is 5.92 Å². The number of thiophene rings is 1. The monoisotopic (exact) mass is 317 g/mol. The molecule has 2 atom stereocenters. The minimum Gasteiger partial charge on any atom is -0.313 e.